The van der Waals surface area contributed by atoms with E-state index in [4.69, 9.17) is 5.73 Å². The van der Waals surface area contributed by atoms with E-state index in [0.29, 0.717) is 11.8 Å². The number of rotatable bonds is 7. The number of amides is 1. The molecule has 4 nitrogen and oxygen atoms in total. The van der Waals surface area contributed by atoms with E-state index in [0.717, 1.165) is 36.9 Å². The molecule has 0 aliphatic carbocycles. The molecule has 5 heteroatoms. The second-order valence-electron chi connectivity index (χ2n) is 4.97. The third kappa shape index (κ3) is 4.88. The Morgan fingerprint density at radius 3 is 2.67 bits per heavy atom. The van der Waals surface area contributed by atoms with Gasteiger partial charge in [-0.2, -0.15) is 0 Å². The highest BCUT2D eigenvalue weighted by Gasteiger charge is 2.29. The van der Waals surface area contributed by atoms with Gasteiger partial charge in [-0.15, -0.1) is 0 Å². The Morgan fingerprint density at radius 1 is 1.44 bits per heavy atom. The summed E-state index contributed by atoms with van der Waals surface area (Å²) in [6, 6.07) is 0. The fraction of sp³-hybridized carbons (Fsp3) is 0.846. The largest absolute Gasteiger partial charge is 0.370 e. The first-order valence-electron chi connectivity index (χ1n) is 6.81. The van der Waals surface area contributed by atoms with Gasteiger partial charge in [0, 0.05) is 25.3 Å². The predicted molar refractivity (Wildman–Crippen MR) is 78.8 cm³/mol. The van der Waals surface area contributed by atoms with Gasteiger partial charge < -0.3 is 11.1 Å². The average molecular weight is 271 g/mol. The molecule has 0 bridgehead atoms. The van der Waals surface area contributed by atoms with Crippen LogP contribution in [0.3, 0.4) is 0 Å². The summed E-state index contributed by atoms with van der Waals surface area (Å²) in [5.41, 5.74) is 5.50. The minimum absolute atomic E-state index is 0.213. The number of thioether (sulfide) groups is 1. The molecule has 1 heterocycles. The zero-order valence-electron chi connectivity index (χ0n) is 11.5. The predicted octanol–water partition coefficient (Wildman–Crippen LogP) is 2.14. The van der Waals surface area contributed by atoms with Gasteiger partial charge in [0.15, 0.2) is 5.17 Å². The van der Waals surface area contributed by atoms with Gasteiger partial charge in [0.25, 0.3) is 0 Å². The van der Waals surface area contributed by atoms with E-state index in [1.54, 1.807) is 0 Å². The summed E-state index contributed by atoms with van der Waals surface area (Å²) in [7, 11) is 0. The SMILES string of the molecule is CCC1(CC)CN=C(NCCCCC(N)=O)SC1. The molecule has 1 aliphatic rings. The monoisotopic (exact) mass is 271 g/mol. The molecular weight excluding hydrogens is 246 g/mol. The van der Waals surface area contributed by atoms with Gasteiger partial charge >= 0.3 is 0 Å². The molecule has 0 saturated carbocycles. The fourth-order valence-corrected chi connectivity index (χ4v) is 3.26. The van der Waals surface area contributed by atoms with Gasteiger partial charge in [0.05, 0.1) is 0 Å². The smallest absolute Gasteiger partial charge is 0.217 e. The maximum atomic E-state index is 10.6. The van der Waals surface area contributed by atoms with Gasteiger partial charge in [0.1, 0.15) is 0 Å². The topological polar surface area (TPSA) is 67.5 Å². The molecule has 0 aromatic carbocycles. The number of nitrogens with zero attached hydrogens (tertiary/aromatic N) is 1. The lowest BCUT2D eigenvalue weighted by molar-refractivity contribution is -0.118. The Bertz CT molecular complexity index is 301. The normalized spacial score (nSPS) is 18.2. The van der Waals surface area contributed by atoms with Gasteiger partial charge in [0.2, 0.25) is 5.91 Å². The van der Waals surface area contributed by atoms with Crippen molar-refractivity contribution in [2.45, 2.75) is 46.0 Å². The molecule has 0 spiro atoms. The lowest BCUT2D eigenvalue weighted by Gasteiger charge is -2.33. The lowest BCUT2D eigenvalue weighted by Crippen LogP contribution is -2.34. The number of nitrogens with one attached hydrogen (secondary N) is 1. The van der Waals surface area contributed by atoms with Crippen LogP contribution in [0.2, 0.25) is 0 Å². The fourth-order valence-electron chi connectivity index (χ4n) is 1.96. The number of nitrogens with two attached hydrogens (primary N) is 1. The van der Waals surface area contributed by atoms with Gasteiger partial charge in [-0.3, -0.25) is 9.79 Å². The minimum atomic E-state index is -0.213. The maximum Gasteiger partial charge on any atom is 0.217 e. The van der Waals surface area contributed by atoms with Crippen molar-refractivity contribution >= 4 is 22.8 Å². The molecule has 1 amide bonds. The van der Waals surface area contributed by atoms with Crippen molar-refractivity contribution in [3.05, 3.63) is 0 Å². The van der Waals surface area contributed by atoms with Crippen molar-refractivity contribution < 1.29 is 4.79 Å². The van der Waals surface area contributed by atoms with Crippen LogP contribution in [0.15, 0.2) is 4.99 Å². The molecule has 104 valence electrons. The third-order valence-corrected chi connectivity index (χ3v) is 5.00. The minimum Gasteiger partial charge on any atom is -0.370 e. The number of carbonyl (C=O) groups excluding carboxylic acids is 1. The zero-order chi connectivity index (χ0) is 13.4. The van der Waals surface area contributed by atoms with Crippen molar-refractivity contribution in [1.82, 2.24) is 5.32 Å². The van der Waals surface area contributed by atoms with E-state index in [2.05, 4.69) is 24.2 Å². The Labute approximate surface area is 114 Å². The van der Waals surface area contributed by atoms with Crippen molar-refractivity contribution in [2.24, 2.45) is 16.1 Å². The van der Waals surface area contributed by atoms with Crippen LogP contribution in [-0.2, 0) is 4.79 Å². The summed E-state index contributed by atoms with van der Waals surface area (Å²) in [5.74, 6) is 0.947. The van der Waals surface area contributed by atoms with Crippen LogP contribution in [-0.4, -0.2) is 29.9 Å². The highest BCUT2D eigenvalue weighted by molar-refractivity contribution is 8.13. The van der Waals surface area contributed by atoms with Crippen molar-refractivity contribution in [1.29, 1.82) is 0 Å². The molecule has 0 fully saturated rings. The second-order valence-corrected chi connectivity index (χ2v) is 5.93. The quantitative estimate of drug-likeness (QED) is 0.697. The van der Waals surface area contributed by atoms with Gasteiger partial charge in [-0.05, 0) is 31.1 Å². The molecule has 1 rings (SSSR count). The first-order chi connectivity index (χ1) is 8.62. The molecule has 0 radical (unpaired) electrons. The van der Waals surface area contributed by atoms with Crippen molar-refractivity contribution in [3.8, 4) is 0 Å². The van der Waals surface area contributed by atoms with Crippen LogP contribution in [0.25, 0.3) is 0 Å². The molecule has 0 saturated heterocycles. The van der Waals surface area contributed by atoms with E-state index < -0.39 is 0 Å². The number of carbonyl (C=O) groups is 1. The molecule has 0 unspecified atom stereocenters. The molecular formula is C13H25N3OS. The van der Waals surface area contributed by atoms with Crippen molar-refractivity contribution in [3.63, 3.8) is 0 Å². The number of hydrogen-bond acceptors (Lipinski definition) is 4. The highest BCUT2D eigenvalue weighted by Crippen LogP contribution is 2.34. The molecule has 0 atom stereocenters. The van der Waals surface area contributed by atoms with E-state index in [-0.39, 0.29) is 5.91 Å². The summed E-state index contributed by atoms with van der Waals surface area (Å²) >= 11 is 1.83. The van der Waals surface area contributed by atoms with Crippen LogP contribution in [0, 0.1) is 5.41 Å². The standard InChI is InChI=1S/C13H25N3OS/c1-3-13(4-2)9-16-12(18-10-13)15-8-6-5-7-11(14)17/h3-10H2,1-2H3,(H2,14,17)(H,15,16). The van der Waals surface area contributed by atoms with Crippen LogP contribution in [0.1, 0.15) is 46.0 Å². The maximum absolute atomic E-state index is 10.6. The number of primary amides is 1. The average Bonchev–Trinajstić information content (AvgIpc) is 2.39. The number of hydrogen-bond donors (Lipinski definition) is 2. The number of aliphatic imine (C=N–C) groups is 1. The number of unbranched alkanes of at least 4 members (excludes halogenated alkanes) is 1. The highest BCUT2D eigenvalue weighted by atomic mass is 32.2. The first-order valence-corrected chi connectivity index (χ1v) is 7.80. The van der Waals surface area contributed by atoms with E-state index in [1.165, 1.54) is 12.8 Å². The van der Waals surface area contributed by atoms with Crippen LogP contribution in [0.5, 0.6) is 0 Å². The van der Waals surface area contributed by atoms with Gasteiger partial charge in [-0.1, -0.05) is 25.6 Å². The van der Waals surface area contributed by atoms with Crippen LogP contribution in [0.4, 0.5) is 0 Å². The molecule has 0 aromatic rings. The number of amidine groups is 1. The molecule has 0 aromatic heterocycles. The Kier molecular flexibility index (Phi) is 6.54. The Balaban J connectivity index is 2.21. The second kappa shape index (κ2) is 7.67. The molecule has 1 aliphatic heterocycles. The Morgan fingerprint density at radius 2 is 2.17 bits per heavy atom. The lowest BCUT2D eigenvalue weighted by atomic mass is 9.84. The van der Waals surface area contributed by atoms with Crippen molar-refractivity contribution in [2.75, 3.05) is 18.8 Å². The summed E-state index contributed by atoms with van der Waals surface area (Å²) in [5, 5.41) is 4.40. The molecule has 3 N–H and O–H groups in total. The van der Waals surface area contributed by atoms with Crippen LogP contribution < -0.4 is 11.1 Å². The molecule has 18 heavy (non-hydrogen) atoms. The summed E-state index contributed by atoms with van der Waals surface area (Å²) in [6.07, 6.45) is 4.71. The van der Waals surface area contributed by atoms with Crippen LogP contribution >= 0.6 is 11.8 Å². The summed E-state index contributed by atoms with van der Waals surface area (Å²) < 4.78 is 0. The Hall–Kier alpha value is -0.710. The van der Waals surface area contributed by atoms with E-state index >= 15 is 0 Å². The van der Waals surface area contributed by atoms with E-state index in [1.807, 2.05) is 11.8 Å². The summed E-state index contributed by atoms with van der Waals surface area (Å²) in [4.78, 5) is 15.2. The third-order valence-electron chi connectivity index (χ3n) is 3.70. The zero-order valence-corrected chi connectivity index (χ0v) is 12.3. The summed E-state index contributed by atoms with van der Waals surface area (Å²) in [6.45, 7) is 6.32. The van der Waals surface area contributed by atoms with E-state index in [9.17, 15) is 4.79 Å². The first kappa shape index (κ1) is 15.3. The van der Waals surface area contributed by atoms with Gasteiger partial charge in [-0.25, -0.2) is 0 Å².